The molecule has 2 heterocycles. The van der Waals surface area contributed by atoms with E-state index in [0.717, 1.165) is 50.0 Å². The molecule has 0 radical (unpaired) electrons. The Morgan fingerprint density at radius 2 is 1.19 bits per heavy atom. The van der Waals surface area contributed by atoms with Gasteiger partial charge in [-0.1, -0.05) is 127 Å². The molecule has 1 atom stereocenters. The van der Waals surface area contributed by atoms with Crippen LogP contribution in [-0.2, 0) is 0 Å². The molecule has 8 rings (SSSR count). The summed E-state index contributed by atoms with van der Waals surface area (Å²) in [7, 11) is 0. The van der Waals surface area contributed by atoms with Gasteiger partial charge in [-0.15, -0.1) is 0 Å². The molecule has 6 aromatic carbocycles. The third-order valence-corrected chi connectivity index (χ3v) is 8.12. The van der Waals surface area contributed by atoms with E-state index in [4.69, 9.17) is 9.41 Å². The van der Waals surface area contributed by atoms with E-state index in [1.807, 2.05) is 12.1 Å². The first-order valence-electron chi connectivity index (χ1n) is 14.6. The lowest BCUT2D eigenvalue weighted by Gasteiger charge is -2.25. The van der Waals surface area contributed by atoms with E-state index in [1.165, 1.54) is 22.3 Å². The van der Waals surface area contributed by atoms with Gasteiger partial charge in [-0.25, -0.2) is 0 Å². The van der Waals surface area contributed by atoms with Gasteiger partial charge in [-0.2, -0.15) is 0 Å². The lowest BCUT2D eigenvalue weighted by Crippen LogP contribution is -2.24. The summed E-state index contributed by atoms with van der Waals surface area (Å²) in [6.07, 6.45) is 1.95. The van der Waals surface area contributed by atoms with Crippen molar-refractivity contribution in [2.45, 2.75) is 6.17 Å². The third kappa shape index (κ3) is 4.71. The molecule has 1 aliphatic rings. The SMILES string of the molecule is C1=C(c2ccc3c(c2)oc2cccc(-c4cccc(-c5ccccc5)c4)c23)NC(c2ccccc2)N=C1c1ccccc1. The Bertz CT molecular complexity index is 2140. The van der Waals surface area contributed by atoms with Gasteiger partial charge in [0.1, 0.15) is 17.3 Å². The summed E-state index contributed by atoms with van der Waals surface area (Å²) in [4.78, 5) is 5.07. The van der Waals surface area contributed by atoms with E-state index in [9.17, 15) is 0 Å². The summed E-state index contributed by atoms with van der Waals surface area (Å²) in [5.41, 5.74) is 11.7. The molecule has 7 aromatic rings. The van der Waals surface area contributed by atoms with E-state index in [0.29, 0.717) is 0 Å². The van der Waals surface area contributed by atoms with Crippen molar-refractivity contribution in [1.82, 2.24) is 5.32 Å². The highest BCUT2D eigenvalue weighted by molar-refractivity contribution is 6.15. The smallest absolute Gasteiger partial charge is 0.145 e. The summed E-state index contributed by atoms with van der Waals surface area (Å²) in [5, 5.41) is 5.91. The fraction of sp³-hybridized carbons (Fsp3) is 0.0250. The number of hydrogen-bond acceptors (Lipinski definition) is 3. The maximum absolute atomic E-state index is 6.50. The van der Waals surface area contributed by atoms with Crippen LogP contribution >= 0.6 is 0 Å². The highest BCUT2D eigenvalue weighted by atomic mass is 16.3. The Morgan fingerprint density at radius 1 is 0.512 bits per heavy atom. The number of nitrogens with one attached hydrogen (secondary N) is 1. The largest absolute Gasteiger partial charge is 0.456 e. The van der Waals surface area contributed by atoms with E-state index in [2.05, 4.69) is 151 Å². The predicted molar refractivity (Wildman–Crippen MR) is 178 cm³/mol. The van der Waals surface area contributed by atoms with Gasteiger partial charge in [0.15, 0.2) is 0 Å². The monoisotopic (exact) mass is 552 g/mol. The molecule has 1 unspecified atom stereocenters. The Balaban J connectivity index is 1.22. The lowest BCUT2D eigenvalue weighted by molar-refractivity contribution is 0.661. The fourth-order valence-corrected chi connectivity index (χ4v) is 5.99. The maximum Gasteiger partial charge on any atom is 0.145 e. The minimum Gasteiger partial charge on any atom is -0.456 e. The summed E-state index contributed by atoms with van der Waals surface area (Å²) in [6.45, 7) is 0. The maximum atomic E-state index is 6.50. The van der Waals surface area contributed by atoms with E-state index in [1.54, 1.807) is 0 Å². The van der Waals surface area contributed by atoms with Gasteiger partial charge in [0.05, 0.1) is 5.71 Å². The predicted octanol–water partition coefficient (Wildman–Crippen LogP) is 10.1. The number of fused-ring (bicyclic) bond motifs is 3. The van der Waals surface area contributed by atoms with Gasteiger partial charge in [-0.3, -0.25) is 4.99 Å². The summed E-state index contributed by atoms with van der Waals surface area (Å²) >= 11 is 0. The molecule has 0 spiro atoms. The Morgan fingerprint density at radius 3 is 1.98 bits per heavy atom. The second-order valence-corrected chi connectivity index (χ2v) is 10.8. The average molecular weight is 553 g/mol. The summed E-state index contributed by atoms with van der Waals surface area (Å²) < 4.78 is 6.50. The molecule has 43 heavy (non-hydrogen) atoms. The topological polar surface area (TPSA) is 37.5 Å². The number of hydrogen-bond donors (Lipinski definition) is 1. The minimum atomic E-state index is -0.189. The van der Waals surface area contributed by atoms with Crippen LogP contribution in [0.1, 0.15) is 22.9 Å². The lowest BCUT2D eigenvalue weighted by atomic mass is 9.95. The first kappa shape index (κ1) is 25.1. The van der Waals surface area contributed by atoms with Crippen molar-refractivity contribution in [3.8, 4) is 22.3 Å². The van der Waals surface area contributed by atoms with Gasteiger partial charge >= 0.3 is 0 Å². The summed E-state index contributed by atoms with van der Waals surface area (Å²) in [5.74, 6) is 0. The van der Waals surface area contributed by atoms with Crippen LogP contribution in [0.3, 0.4) is 0 Å². The molecule has 0 fully saturated rings. The first-order valence-corrected chi connectivity index (χ1v) is 14.6. The second kappa shape index (κ2) is 10.6. The van der Waals surface area contributed by atoms with Crippen molar-refractivity contribution >= 4 is 33.3 Å². The standard InChI is InChI=1S/C40H28N2O/c1-4-12-27(13-5-1)30-18-10-19-31(24-30)33-20-11-21-37-39(33)34-23-22-32(25-38(34)43-37)36-26-35(28-14-6-2-7-15-28)41-40(42-36)29-16-8-3-9-17-29/h1-26,40,42H. The van der Waals surface area contributed by atoms with E-state index < -0.39 is 0 Å². The van der Waals surface area contributed by atoms with Gasteiger partial charge in [0.25, 0.3) is 0 Å². The molecule has 0 saturated carbocycles. The molecule has 0 bridgehead atoms. The summed E-state index contributed by atoms with van der Waals surface area (Å²) in [6, 6.07) is 52.8. The van der Waals surface area contributed by atoms with Crippen LogP contribution in [0.25, 0.3) is 49.9 Å². The van der Waals surface area contributed by atoms with Crippen molar-refractivity contribution in [3.63, 3.8) is 0 Å². The molecular formula is C40H28N2O. The Kier molecular flexibility index (Phi) is 6.20. The van der Waals surface area contributed by atoms with Crippen LogP contribution in [0.15, 0.2) is 167 Å². The molecule has 0 amide bonds. The number of furan rings is 1. The molecule has 3 heteroatoms. The number of benzene rings is 6. The van der Waals surface area contributed by atoms with Crippen LogP contribution < -0.4 is 5.32 Å². The highest BCUT2D eigenvalue weighted by Gasteiger charge is 2.21. The van der Waals surface area contributed by atoms with Gasteiger partial charge < -0.3 is 9.73 Å². The second-order valence-electron chi connectivity index (χ2n) is 10.8. The third-order valence-electron chi connectivity index (χ3n) is 8.12. The normalized spacial score (nSPS) is 14.7. The Labute approximate surface area is 250 Å². The van der Waals surface area contributed by atoms with Crippen molar-refractivity contribution in [2.24, 2.45) is 4.99 Å². The van der Waals surface area contributed by atoms with Crippen LogP contribution in [0.2, 0.25) is 0 Å². The van der Waals surface area contributed by atoms with Crippen LogP contribution in [0.4, 0.5) is 0 Å². The first-order chi connectivity index (χ1) is 21.3. The van der Waals surface area contributed by atoms with Crippen LogP contribution in [0, 0.1) is 0 Å². The van der Waals surface area contributed by atoms with Gasteiger partial charge in [0.2, 0.25) is 0 Å². The number of nitrogens with zero attached hydrogens (tertiary/aromatic N) is 1. The fourth-order valence-electron chi connectivity index (χ4n) is 5.99. The zero-order valence-corrected chi connectivity index (χ0v) is 23.4. The molecule has 0 saturated heterocycles. The average Bonchev–Trinajstić information content (AvgIpc) is 3.47. The van der Waals surface area contributed by atoms with E-state index >= 15 is 0 Å². The molecule has 204 valence electrons. The molecule has 1 aliphatic heterocycles. The van der Waals surface area contributed by atoms with Crippen molar-refractivity contribution in [3.05, 3.63) is 174 Å². The van der Waals surface area contributed by atoms with Gasteiger partial charge in [0, 0.05) is 22.0 Å². The molecule has 3 nitrogen and oxygen atoms in total. The van der Waals surface area contributed by atoms with Gasteiger partial charge in [-0.05, 0) is 63.7 Å². The molecule has 0 aliphatic carbocycles. The number of rotatable bonds is 5. The van der Waals surface area contributed by atoms with Crippen LogP contribution in [0.5, 0.6) is 0 Å². The van der Waals surface area contributed by atoms with Crippen molar-refractivity contribution in [1.29, 1.82) is 0 Å². The van der Waals surface area contributed by atoms with Crippen molar-refractivity contribution < 1.29 is 4.42 Å². The van der Waals surface area contributed by atoms with Crippen molar-refractivity contribution in [2.75, 3.05) is 0 Å². The zero-order chi connectivity index (χ0) is 28.6. The molecule has 1 aromatic heterocycles. The highest BCUT2D eigenvalue weighted by Crippen LogP contribution is 2.39. The number of aliphatic imine (C=N–C) groups is 1. The minimum absolute atomic E-state index is 0.189. The quantitative estimate of drug-likeness (QED) is 0.231. The van der Waals surface area contributed by atoms with E-state index in [-0.39, 0.29) is 6.17 Å². The molecular weight excluding hydrogens is 524 g/mol. The van der Waals surface area contributed by atoms with Crippen LogP contribution in [-0.4, -0.2) is 5.71 Å². The zero-order valence-electron chi connectivity index (χ0n) is 23.4. The molecule has 1 N–H and O–H groups in total. The Hall–Kier alpha value is -5.67. The number of allylic oxidation sites excluding steroid dienone is 1.